The van der Waals surface area contributed by atoms with E-state index in [0.29, 0.717) is 10.7 Å². The van der Waals surface area contributed by atoms with Gasteiger partial charge in [-0.2, -0.15) is 5.26 Å². The minimum Gasteiger partial charge on any atom is -0.328 e. The maximum Gasteiger partial charge on any atom is 0.152 e. The number of hydrogen-bond acceptors (Lipinski definition) is 3. The van der Waals surface area contributed by atoms with Crippen molar-refractivity contribution in [1.82, 2.24) is 14.9 Å². The summed E-state index contributed by atoms with van der Waals surface area (Å²) in [6, 6.07) is 10.2. The van der Waals surface area contributed by atoms with E-state index in [2.05, 4.69) is 27.9 Å². The first-order valence-corrected chi connectivity index (χ1v) is 8.08. The topological polar surface area (TPSA) is 53.6 Å². The standard InChI is InChI=1S/C17H19ClN4/c1-2-15-21-17(18)16-14(20-9-10-22(15)16)8-7-12-3-5-13(11-19)6-4-12/h3-6,14,20H,2,7-10H2,1H3. The Morgan fingerprint density at radius 1 is 1.41 bits per heavy atom. The molecular formula is C17H19ClN4. The second-order valence-electron chi connectivity index (χ2n) is 5.56. The van der Waals surface area contributed by atoms with E-state index in [4.69, 9.17) is 16.9 Å². The lowest BCUT2D eigenvalue weighted by Gasteiger charge is -2.27. The van der Waals surface area contributed by atoms with Crippen LogP contribution < -0.4 is 5.32 Å². The fourth-order valence-electron chi connectivity index (χ4n) is 3.08. The number of nitrogens with one attached hydrogen (secondary N) is 1. The molecule has 0 spiro atoms. The molecule has 0 saturated heterocycles. The van der Waals surface area contributed by atoms with Crippen LogP contribution in [0, 0.1) is 11.3 Å². The summed E-state index contributed by atoms with van der Waals surface area (Å²) >= 11 is 6.35. The SMILES string of the molecule is CCc1nc(Cl)c2n1CCNC2CCc1ccc(C#N)cc1. The number of hydrogen-bond donors (Lipinski definition) is 1. The van der Waals surface area contributed by atoms with Crippen LogP contribution in [-0.2, 0) is 19.4 Å². The lowest BCUT2D eigenvalue weighted by atomic mass is 10.0. The molecule has 1 N–H and O–H groups in total. The summed E-state index contributed by atoms with van der Waals surface area (Å²) in [7, 11) is 0. The van der Waals surface area contributed by atoms with Gasteiger partial charge in [-0.25, -0.2) is 4.98 Å². The molecule has 3 rings (SSSR count). The number of fused-ring (bicyclic) bond motifs is 1. The molecule has 5 heteroatoms. The highest BCUT2D eigenvalue weighted by Gasteiger charge is 2.26. The van der Waals surface area contributed by atoms with Gasteiger partial charge in [0.1, 0.15) is 5.82 Å². The van der Waals surface area contributed by atoms with Gasteiger partial charge >= 0.3 is 0 Å². The van der Waals surface area contributed by atoms with Crippen molar-refractivity contribution >= 4 is 11.6 Å². The summed E-state index contributed by atoms with van der Waals surface area (Å²) in [6.45, 7) is 4.00. The molecule has 1 aromatic carbocycles. The van der Waals surface area contributed by atoms with Crippen molar-refractivity contribution in [2.45, 2.75) is 38.8 Å². The van der Waals surface area contributed by atoms with Gasteiger partial charge < -0.3 is 9.88 Å². The van der Waals surface area contributed by atoms with Crippen molar-refractivity contribution in [2.24, 2.45) is 0 Å². The molecular weight excluding hydrogens is 296 g/mol. The normalized spacial score (nSPS) is 17.0. The van der Waals surface area contributed by atoms with Gasteiger partial charge in [-0.15, -0.1) is 0 Å². The summed E-state index contributed by atoms with van der Waals surface area (Å²) in [4.78, 5) is 4.49. The van der Waals surface area contributed by atoms with E-state index >= 15 is 0 Å². The largest absolute Gasteiger partial charge is 0.328 e. The predicted octanol–water partition coefficient (Wildman–Crippen LogP) is 3.25. The number of rotatable bonds is 4. The highest BCUT2D eigenvalue weighted by atomic mass is 35.5. The lowest BCUT2D eigenvalue weighted by molar-refractivity contribution is 0.400. The number of benzene rings is 1. The summed E-state index contributed by atoms with van der Waals surface area (Å²) < 4.78 is 2.27. The molecule has 1 aliphatic heterocycles. The third-order valence-electron chi connectivity index (χ3n) is 4.22. The van der Waals surface area contributed by atoms with E-state index in [1.54, 1.807) is 0 Å². The minimum atomic E-state index is 0.240. The van der Waals surface area contributed by atoms with Gasteiger partial charge in [0.25, 0.3) is 0 Å². The zero-order valence-corrected chi connectivity index (χ0v) is 13.4. The van der Waals surface area contributed by atoms with Gasteiger partial charge in [-0.05, 0) is 30.5 Å². The van der Waals surface area contributed by atoms with Gasteiger partial charge in [0, 0.05) is 19.5 Å². The van der Waals surface area contributed by atoms with Crippen LogP contribution in [0.15, 0.2) is 24.3 Å². The first kappa shape index (κ1) is 15.1. The number of aromatic nitrogens is 2. The highest BCUT2D eigenvalue weighted by molar-refractivity contribution is 6.30. The number of imidazole rings is 1. The van der Waals surface area contributed by atoms with Crippen LogP contribution in [-0.4, -0.2) is 16.1 Å². The fourth-order valence-corrected chi connectivity index (χ4v) is 3.41. The number of halogens is 1. The smallest absolute Gasteiger partial charge is 0.152 e. The van der Waals surface area contributed by atoms with E-state index in [-0.39, 0.29) is 6.04 Å². The van der Waals surface area contributed by atoms with Crippen molar-refractivity contribution in [3.8, 4) is 6.07 Å². The summed E-state index contributed by atoms with van der Waals surface area (Å²) in [6.07, 6.45) is 2.83. The number of nitriles is 1. The van der Waals surface area contributed by atoms with Crippen LogP contribution in [0.1, 0.15) is 42.0 Å². The molecule has 1 aromatic heterocycles. The summed E-state index contributed by atoms with van der Waals surface area (Å²) in [5, 5.41) is 13.0. The molecule has 114 valence electrons. The van der Waals surface area contributed by atoms with Gasteiger partial charge in [-0.1, -0.05) is 30.7 Å². The Balaban J connectivity index is 1.74. The minimum absolute atomic E-state index is 0.240. The van der Waals surface area contributed by atoms with Crippen LogP contribution in [0.5, 0.6) is 0 Å². The number of aryl methyl sites for hydroxylation is 2. The molecule has 0 amide bonds. The fraction of sp³-hybridized carbons (Fsp3) is 0.412. The molecule has 4 nitrogen and oxygen atoms in total. The van der Waals surface area contributed by atoms with Crippen LogP contribution in [0.4, 0.5) is 0 Å². The van der Waals surface area contributed by atoms with Gasteiger partial charge in [0.2, 0.25) is 0 Å². The molecule has 1 atom stereocenters. The van der Waals surface area contributed by atoms with E-state index in [0.717, 1.165) is 43.9 Å². The van der Waals surface area contributed by atoms with Gasteiger partial charge in [0.15, 0.2) is 5.15 Å². The molecule has 1 aliphatic rings. The Kier molecular flexibility index (Phi) is 4.47. The zero-order chi connectivity index (χ0) is 15.5. The van der Waals surface area contributed by atoms with E-state index in [1.807, 2.05) is 24.3 Å². The van der Waals surface area contributed by atoms with Crippen LogP contribution in [0.2, 0.25) is 5.15 Å². The van der Waals surface area contributed by atoms with Crippen molar-refractivity contribution in [2.75, 3.05) is 6.54 Å². The van der Waals surface area contributed by atoms with Gasteiger partial charge in [0.05, 0.1) is 23.4 Å². The van der Waals surface area contributed by atoms with E-state index in [9.17, 15) is 0 Å². The molecule has 2 aromatic rings. The molecule has 0 fully saturated rings. The first-order valence-electron chi connectivity index (χ1n) is 7.70. The Morgan fingerprint density at radius 2 is 2.18 bits per heavy atom. The molecule has 0 saturated carbocycles. The molecule has 0 aliphatic carbocycles. The first-order chi connectivity index (χ1) is 10.7. The monoisotopic (exact) mass is 314 g/mol. The molecule has 0 radical (unpaired) electrons. The maximum atomic E-state index is 8.84. The highest BCUT2D eigenvalue weighted by Crippen LogP contribution is 2.30. The van der Waals surface area contributed by atoms with Crippen molar-refractivity contribution in [3.05, 3.63) is 52.1 Å². The molecule has 22 heavy (non-hydrogen) atoms. The predicted molar refractivity (Wildman–Crippen MR) is 86.8 cm³/mol. The Bertz CT molecular complexity index is 697. The third-order valence-corrected chi connectivity index (χ3v) is 4.50. The van der Waals surface area contributed by atoms with E-state index < -0.39 is 0 Å². The zero-order valence-electron chi connectivity index (χ0n) is 12.6. The Labute approximate surface area is 135 Å². The average molecular weight is 315 g/mol. The maximum absolute atomic E-state index is 8.84. The number of nitrogens with zero attached hydrogens (tertiary/aromatic N) is 3. The summed E-state index contributed by atoms with van der Waals surface area (Å²) in [5.41, 5.74) is 3.07. The van der Waals surface area contributed by atoms with Crippen LogP contribution in [0.25, 0.3) is 0 Å². The molecule has 0 bridgehead atoms. The quantitative estimate of drug-likeness (QED) is 0.942. The van der Waals surface area contributed by atoms with Crippen molar-refractivity contribution in [3.63, 3.8) is 0 Å². The van der Waals surface area contributed by atoms with Crippen molar-refractivity contribution in [1.29, 1.82) is 5.26 Å². The second kappa shape index (κ2) is 6.51. The lowest BCUT2D eigenvalue weighted by Crippen LogP contribution is -2.34. The average Bonchev–Trinajstić information content (AvgIpc) is 2.90. The Hall–Kier alpha value is -1.83. The van der Waals surface area contributed by atoms with Crippen LogP contribution >= 0.6 is 11.6 Å². The summed E-state index contributed by atoms with van der Waals surface area (Å²) in [5.74, 6) is 1.07. The second-order valence-corrected chi connectivity index (χ2v) is 5.92. The molecule has 1 unspecified atom stereocenters. The molecule has 2 heterocycles. The van der Waals surface area contributed by atoms with Crippen molar-refractivity contribution < 1.29 is 0 Å². The van der Waals surface area contributed by atoms with Gasteiger partial charge in [-0.3, -0.25) is 0 Å². The van der Waals surface area contributed by atoms with E-state index in [1.165, 1.54) is 5.56 Å². The Morgan fingerprint density at radius 3 is 2.86 bits per heavy atom. The third kappa shape index (κ3) is 2.87. The van der Waals surface area contributed by atoms with Crippen LogP contribution in [0.3, 0.4) is 0 Å².